The van der Waals surface area contributed by atoms with Gasteiger partial charge >= 0.3 is 0 Å². The molecule has 0 heterocycles. The fourth-order valence-electron chi connectivity index (χ4n) is 7.63. The normalized spacial score (nSPS) is 13.2. The topological polar surface area (TPSA) is 104 Å². The highest BCUT2D eigenvalue weighted by Crippen LogP contribution is 2.17. The van der Waals surface area contributed by atoms with E-state index in [2.05, 4.69) is 31.3 Å². The third-order valence-electron chi connectivity index (χ3n) is 11.2. The van der Waals surface area contributed by atoms with Crippen molar-refractivity contribution in [1.82, 2.24) is 5.32 Å². The number of amides is 1. The van der Waals surface area contributed by atoms with Crippen LogP contribution < -0.4 is 5.32 Å². The van der Waals surface area contributed by atoms with E-state index in [4.69, 9.17) is 0 Å². The third kappa shape index (κ3) is 42.2. The van der Waals surface area contributed by atoms with Crippen molar-refractivity contribution in [2.75, 3.05) is 5.75 Å². The van der Waals surface area contributed by atoms with E-state index in [1.54, 1.807) is 0 Å². The highest BCUT2D eigenvalue weighted by Gasteiger charge is 2.26. The van der Waals surface area contributed by atoms with Gasteiger partial charge in [0, 0.05) is 6.42 Å². The van der Waals surface area contributed by atoms with Crippen LogP contribution in [-0.2, 0) is 14.9 Å². The van der Waals surface area contributed by atoms with E-state index in [-0.39, 0.29) is 5.91 Å². The van der Waals surface area contributed by atoms with E-state index in [1.807, 2.05) is 0 Å². The van der Waals surface area contributed by atoms with Crippen LogP contribution in [0.5, 0.6) is 0 Å². The Morgan fingerprint density at radius 3 is 1.11 bits per heavy atom. The molecular formula is C47H93NO5S. The van der Waals surface area contributed by atoms with E-state index in [0.29, 0.717) is 12.8 Å². The predicted octanol–water partition coefficient (Wildman–Crippen LogP) is 14.5. The van der Waals surface area contributed by atoms with Crippen LogP contribution in [0.25, 0.3) is 0 Å². The number of rotatable bonds is 44. The van der Waals surface area contributed by atoms with Crippen LogP contribution in [0.15, 0.2) is 12.2 Å². The van der Waals surface area contributed by atoms with Crippen LogP contribution >= 0.6 is 0 Å². The van der Waals surface area contributed by atoms with Gasteiger partial charge in [-0.25, -0.2) is 0 Å². The van der Waals surface area contributed by atoms with Crippen molar-refractivity contribution < 1.29 is 22.9 Å². The van der Waals surface area contributed by atoms with Gasteiger partial charge in [-0.05, 0) is 38.5 Å². The summed E-state index contributed by atoms with van der Waals surface area (Å²) >= 11 is 0. The Bertz CT molecular complexity index is 908. The fraction of sp³-hybridized carbons (Fsp3) is 0.936. The number of hydrogen-bond acceptors (Lipinski definition) is 4. The molecule has 322 valence electrons. The molecule has 0 aliphatic carbocycles. The SMILES string of the molecule is CCCCCCCCCC/C=C\CCCCCCCCCCCCCC(=O)NC(CS(=O)(=O)O)C(O)CCCCCCCCCCCCCCCCCC. The van der Waals surface area contributed by atoms with Gasteiger partial charge in [-0.1, -0.05) is 231 Å². The lowest BCUT2D eigenvalue weighted by Crippen LogP contribution is -2.47. The molecule has 3 N–H and O–H groups in total. The highest BCUT2D eigenvalue weighted by molar-refractivity contribution is 7.85. The second-order valence-electron chi connectivity index (χ2n) is 16.7. The van der Waals surface area contributed by atoms with E-state index in [0.717, 1.165) is 38.5 Å². The number of aliphatic hydroxyl groups is 1. The molecule has 0 bridgehead atoms. The minimum Gasteiger partial charge on any atom is -0.391 e. The number of aliphatic hydroxyl groups excluding tert-OH is 1. The molecule has 0 aromatic heterocycles. The first-order valence-electron chi connectivity index (χ1n) is 23.9. The van der Waals surface area contributed by atoms with Gasteiger partial charge < -0.3 is 10.4 Å². The molecule has 0 aromatic carbocycles. The first-order chi connectivity index (χ1) is 26.3. The maximum absolute atomic E-state index is 12.6. The van der Waals surface area contributed by atoms with Gasteiger partial charge in [0.15, 0.2) is 0 Å². The predicted molar refractivity (Wildman–Crippen MR) is 235 cm³/mol. The van der Waals surface area contributed by atoms with Crippen LogP contribution in [0.3, 0.4) is 0 Å². The summed E-state index contributed by atoms with van der Waals surface area (Å²) in [5, 5.41) is 13.4. The monoisotopic (exact) mass is 784 g/mol. The van der Waals surface area contributed by atoms with Crippen molar-refractivity contribution in [3.8, 4) is 0 Å². The Morgan fingerprint density at radius 2 is 0.778 bits per heavy atom. The molecule has 0 aliphatic rings. The maximum Gasteiger partial charge on any atom is 0.266 e. The van der Waals surface area contributed by atoms with Crippen molar-refractivity contribution in [1.29, 1.82) is 0 Å². The van der Waals surface area contributed by atoms with Crippen LogP contribution in [0.1, 0.15) is 264 Å². The summed E-state index contributed by atoms with van der Waals surface area (Å²) in [6, 6.07) is -0.968. The summed E-state index contributed by atoms with van der Waals surface area (Å²) in [5.74, 6) is -0.886. The average Bonchev–Trinajstić information content (AvgIpc) is 3.14. The molecule has 7 heteroatoms. The van der Waals surface area contributed by atoms with Crippen LogP contribution in [0.2, 0.25) is 0 Å². The molecule has 0 radical (unpaired) electrons. The van der Waals surface area contributed by atoms with Crippen molar-refractivity contribution in [3.63, 3.8) is 0 Å². The zero-order valence-corrected chi connectivity index (χ0v) is 36.9. The summed E-state index contributed by atoms with van der Waals surface area (Å²) < 4.78 is 32.7. The van der Waals surface area contributed by atoms with Gasteiger partial charge in [0.25, 0.3) is 10.1 Å². The summed E-state index contributed by atoms with van der Waals surface area (Å²) in [6.07, 6.45) is 51.7. The zero-order chi connectivity index (χ0) is 39.6. The second-order valence-corrected chi connectivity index (χ2v) is 18.2. The molecule has 1 amide bonds. The summed E-state index contributed by atoms with van der Waals surface area (Å²) in [4.78, 5) is 12.6. The molecule has 0 aromatic rings. The molecule has 2 unspecified atom stereocenters. The molecule has 0 aliphatic heterocycles. The Hall–Kier alpha value is -0.920. The molecular weight excluding hydrogens is 691 g/mol. The number of allylic oxidation sites excluding steroid dienone is 2. The highest BCUT2D eigenvalue weighted by atomic mass is 32.2. The minimum atomic E-state index is -4.31. The number of carbonyl (C=O) groups is 1. The molecule has 0 saturated carbocycles. The largest absolute Gasteiger partial charge is 0.391 e. The number of nitrogens with one attached hydrogen (secondary N) is 1. The van der Waals surface area contributed by atoms with Crippen LogP contribution in [0, 0.1) is 0 Å². The summed E-state index contributed by atoms with van der Waals surface area (Å²) in [6.45, 7) is 4.55. The van der Waals surface area contributed by atoms with Crippen LogP contribution in [-0.4, -0.2) is 41.9 Å². The lowest BCUT2D eigenvalue weighted by molar-refractivity contribution is -0.122. The Balaban J connectivity index is 3.74. The molecule has 2 atom stereocenters. The van der Waals surface area contributed by atoms with E-state index < -0.39 is 28.0 Å². The van der Waals surface area contributed by atoms with Gasteiger partial charge in [0.05, 0.1) is 17.9 Å². The van der Waals surface area contributed by atoms with E-state index in [9.17, 15) is 22.9 Å². The lowest BCUT2D eigenvalue weighted by atomic mass is 10.0. The first-order valence-corrected chi connectivity index (χ1v) is 25.5. The average molecular weight is 784 g/mol. The quantitative estimate of drug-likeness (QED) is 0.0324. The summed E-state index contributed by atoms with van der Waals surface area (Å²) in [5.41, 5.74) is 0. The number of unbranched alkanes of at least 4 members (excludes halogenated alkanes) is 34. The smallest absolute Gasteiger partial charge is 0.266 e. The van der Waals surface area contributed by atoms with Gasteiger partial charge in [0.2, 0.25) is 5.91 Å². The fourth-order valence-corrected chi connectivity index (χ4v) is 8.39. The second kappa shape index (κ2) is 41.7. The minimum absolute atomic E-state index is 0.242. The van der Waals surface area contributed by atoms with Crippen molar-refractivity contribution in [2.24, 2.45) is 0 Å². The van der Waals surface area contributed by atoms with Crippen molar-refractivity contribution in [2.45, 2.75) is 276 Å². The van der Waals surface area contributed by atoms with E-state index >= 15 is 0 Å². The molecule has 54 heavy (non-hydrogen) atoms. The van der Waals surface area contributed by atoms with Gasteiger partial charge in [-0.3, -0.25) is 9.35 Å². The first kappa shape index (κ1) is 53.1. The molecule has 0 rings (SSSR count). The Labute approximate surface area is 337 Å². The standard InChI is InChI=1S/C47H93NO5S/c1-3-5-7-9-11-13-15-17-19-21-22-23-24-25-26-27-29-31-33-35-37-39-41-43-47(50)48-45(44-54(51,52)53)46(49)42-40-38-36-34-32-30-28-20-18-16-14-12-10-8-6-4-2/h21-22,45-46,49H,3-20,23-44H2,1-2H3,(H,48,50)(H,51,52,53)/b22-21-. The third-order valence-corrected chi connectivity index (χ3v) is 12.0. The van der Waals surface area contributed by atoms with Gasteiger partial charge in [-0.15, -0.1) is 0 Å². The lowest BCUT2D eigenvalue weighted by Gasteiger charge is -2.23. The Kier molecular flexibility index (Phi) is 41.0. The van der Waals surface area contributed by atoms with Gasteiger partial charge in [-0.2, -0.15) is 8.42 Å². The molecule has 0 fully saturated rings. The summed E-state index contributed by atoms with van der Waals surface area (Å²) in [7, 11) is -4.31. The van der Waals surface area contributed by atoms with Crippen LogP contribution in [0.4, 0.5) is 0 Å². The number of carbonyl (C=O) groups excluding carboxylic acids is 1. The maximum atomic E-state index is 12.6. The van der Waals surface area contributed by atoms with Crippen molar-refractivity contribution in [3.05, 3.63) is 12.2 Å². The van der Waals surface area contributed by atoms with E-state index in [1.165, 1.54) is 199 Å². The molecule has 0 spiro atoms. The van der Waals surface area contributed by atoms with Crippen molar-refractivity contribution >= 4 is 16.0 Å². The Morgan fingerprint density at radius 1 is 0.481 bits per heavy atom. The molecule has 6 nitrogen and oxygen atoms in total. The number of hydrogen-bond donors (Lipinski definition) is 3. The molecule has 0 saturated heterocycles. The zero-order valence-electron chi connectivity index (χ0n) is 36.1. The van der Waals surface area contributed by atoms with Gasteiger partial charge in [0.1, 0.15) is 0 Å².